The van der Waals surface area contributed by atoms with E-state index in [1.807, 2.05) is 30.7 Å². The Morgan fingerprint density at radius 1 is 1.07 bits per heavy atom. The molecule has 0 fully saturated rings. The summed E-state index contributed by atoms with van der Waals surface area (Å²) in [5, 5.41) is 0. The van der Waals surface area contributed by atoms with Gasteiger partial charge in [-0.15, -0.1) is 0 Å². The van der Waals surface area contributed by atoms with Crippen molar-refractivity contribution in [3.05, 3.63) is 90.3 Å². The van der Waals surface area contributed by atoms with Crippen LogP contribution in [-0.2, 0) is 17.7 Å². The second-order valence-corrected chi connectivity index (χ2v) is 7.93. The van der Waals surface area contributed by atoms with E-state index < -0.39 is 0 Å². The number of benzene rings is 2. The quantitative estimate of drug-likeness (QED) is 0.378. The lowest BCUT2D eigenvalue weighted by Gasteiger charge is -2.35. The number of aryl methyl sites for hydroxylation is 2. The third-order valence-electron chi connectivity index (χ3n) is 5.46. The molecule has 29 heavy (non-hydrogen) atoms. The van der Waals surface area contributed by atoms with Crippen LogP contribution in [0.5, 0.6) is 0 Å². The van der Waals surface area contributed by atoms with Crippen LogP contribution in [0, 0.1) is 5.82 Å². The Morgan fingerprint density at radius 3 is 2.48 bits per heavy atom. The summed E-state index contributed by atoms with van der Waals surface area (Å²) < 4.78 is 22.1. The lowest BCUT2D eigenvalue weighted by molar-refractivity contribution is -0.0993. The van der Waals surface area contributed by atoms with Gasteiger partial charge in [-0.1, -0.05) is 55.8 Å². The molecule has 2 aromatic carbocycles. The molecule has 0 radical (unpaired) electrons. The van der Waals surface area contributed by atoms with E-state index in [0.29, 0.717) is 0 Å². The molecule has 2 unspecified atom stereocenters. The van der Waals surface area contributed by atoms with E-state index in [1.54, 1.807) is 6.20 Å². The molecule has 0 aliphatic heterocycles. The number of hydrogen-bond acceptors (Lipinski definition) is 2. The SMILES string of the molecule is CCCC(OC(C)(CCc1ccc(F)cc1)CCn1ccnc1)c1ccccc1. The van der Waals surface area contributed by atoms with Gasteiger partial charge in [0.25, 0.3) is 0 Å². The van der Waals surface area contributed by atoms with Crippen LogP contribution in [0.1, 0.15) is 56.8 Å². The van der Waals surface area contributed by atoms with Gasteiger partial charge in [0.05, 0.1) is 18.0 Å². The molecule has 0 aliphatic carbocycles. The predicted octanol–water partition coefficient (Wildman–Crippen LogP) is 6.36. The number of rotatable bonds is 11. The first-order valence-electron chi connectivity index (χ1n) is 10.5. The maximum Gasteiger partial charge on any atom is 0.123 e. The second kappa shape index (κ2) is 10.4. The highest BCUT2D eigenvalue weighted by Gasteiger charge is 2.29. The minimum Gasteiger partial charge on any atom is -0.367 e. The minimum atomic E-state index is -0.297. The van der Waals surface area contributed by atoms with Gasteiger partial charge < -0.3 is 9.30 Å². The van der Waals surface area contributed by atoms with E-state index in [1.165, 1.54) is 17.7 Å². The van der Waals surface area contributed by atoms with Gasteiger partial charge in [-0.2, -0.15) is 0 Å². The molecule has 0 saturated heterocycles. The summed E-state index contributed by atoms with van der Waals surface area (Å²) in [7, 11) is 0. The fourth-order valence-electron chi connectivity index (χ4n) is 3.65. The number of halogens is 1. The van der Waals surface area contributed by atoms with Crippen LogP contribution in [0.4, 0.5) is 4.39 Å². The van der Waals surface area contributed by atoms with Crippen molar-refractivity contribution in [2.24, 2.45) is 0 Å². The van der Waals surface area contributed by atoms with Gasteiger partial charge in [0, 0.05) is 18.9 Å². The summed E-state index contributed by atoms with van der Waals surface area (Å²) in [5.41, 5.74) is 2.06. The highest BCUT2D eigenvalue weighted by Crippen LogP contribution is 2.33. The van der Waals surface area contributed by atoms with Crippen molar-refractivity contribution in [1.82, 2.24) is 9.55 Å². The van der Waals surface area contributed by atoms with Gasteiger partial charge in [0.15, 0.2) is 0 Å². The van der Waals surface area contributed by atoms with Gasteiger partial charge in [0.1, 0.15) is 5.82 Å². The van der Waals surface area contributed by atoms with Crippen molar-refractivity contribution in [2.75, 3.05) is 0 Å². The standard InChI is InChI=1S/C25H31FN2O/c1-3-7-24(22-8-5-4-6-9-22)29-25(2,16-18-28-19-17-27-20-28)15-14-21-10-12-23(26)13-11-21/h4-6,8-13,17,19-20,24H,3,7,14-16,18H2,1-2H3. The van der Waals surface area contributed by atoms with Crippen molar-refractivity contribution in [1.29, 1.82) is 0 Å². The molecule has 1 heterocycles. The van der Waals surface area contributed by atoms with Crippen molar-refractivity contribution in [2.45, 2.75) is 64.2 Å². The Balaban J connectivity index is 1.75. The number of hydrogen-bond donors (Lipinski definition) is 0. The smallest absolute Gasteiger partial charge is 0.123 e. The second-order valence-electron chi connectivity index (χ2n) is 7.93. The van der Waals surface area contributed by atoms with Gasteiger partial charge in [-0.05, 0) is 55.9 Å². The van der Waals surface area contributed by atoms with Gasteiger partial charge in [-0.25, -0.2) is 9.37 Å². The normalized spacial score (nSPS) is 14.4. The Morgan fingerprint density at radius 2 is 1.83 bits per heavy atom. The molecule has 0 bridgehead atoms. The predicted molar refractivity (Wildman–Crippen MR) is 115 cm³/mol. The topological polar surface area (TPSA) is 27.1 Å². The number of nitrogens with zero attached hydrogens (tertiary/aromatic N) is 2. The molecule has 2 atom stereocenters. The highest BCUT2D eigenvalue weighted by molar-refractivity contribution is 5.18. The van der Waals surface area contributed by atoms with Crippen LogP contribution in [-0.4, -0.2) is 15.2 Å². The maximum absolute atomic E-state index is 13.2. The summed E-state index contributed by atoms with van der Waals surface area (Å²) in [6, 6.07) is 17.3. The van der Waals surface area contributed by atoms with Crippen LogP contribution in [0.2, 0.25) is 0 Å². The van der Waals surface area contributed by atoms with Gasteiger partial charge in [0.2, 0.25) is 0 Å². The lowest BCUT2D eigenvalue weighted by atomic mass is 9.92. The Kier molecular flexibility index (Phi) is 7.59. The fraction of sp³-hybridized carbons (Fsp3) is 0.400. The van der Waals surface area contributed by atoms with E-state index in [2.05, 4.69) is 47.7 Å². The molecule has 154 valence electrons. The first-order valence-corrected chi connectivity index (χ1v) is 10.5. The zero-order chi connectivity index (χ0) is 20.5. The van der Waals surface area contributed by atoms with Crippen molar-refractivity contribution in [3.8, 4) is 0 Å². The van der Waals surface area contributed by atoms with Gasteiger partial charge in [-0.3, -0.25) is 0 Å². The molecule has 0 N–H and O–H groups in total. The van der Waals surface area contributed by atoms with Crippen LogP contribution in [0.25, 0.3) is 0 Å². The van der Waals surface area contributed by atoms with Crippen LogP contribution in [0.15, 0.2) is 73.3 Å². The Labute approximate surface area is 173 Å². The monoisotopic (exact) mass is 394 g/mol. The van der Waals surface area contributed by atoms with E-state index in [9.17, 15) is 4.39 Å². The number of ether oxygens (including phenoxy) is 1. The molecule has 3 aromatic rings. The van der Waals surface area contributed by atoms with Crippen LogP contribution in [0.3, 0.4) is 0 Å². The van der Waals surface area contributed by atoms with Crippen molar-refractivity contribution in [3.63, 3.8) is 0 Å². The highest BCUT2D eigenvalue weighted by atomic mass is 19.1. The molecule has 0 spiro atoms. The molecule has 0 aliphatic rings. The van der Waals surface area contributed by atoms with Crippen LogP contribution >= 0.6 is 0 Å². The molecular weight excluding hydrogens is 363 g/mol. The molecule has 0 saturated carbocycles. The minimum absolute atomic E-state index is 0.0715. The van der Waals surface area contributed by atoms with Crippen LogP contribution < -0.4 is 0 Å². The summed E-state index contributed by atoms with van der Waals surface area (Å²) in [6.45, 7) is 5.26. The summed E-state index contributed by atoms with van der Waals surface area (Å²) in [6.07, 6.45) is 10.4. The Hall–Kier alpha value is -2.46. The molecule has 1 aromatic heterocycles. The van der Waals surface area contributed by atoms with Crippen molar-refractivity contribution >= 4 is 0 Å². The largest absolute Gasteiger partial charge is 0.367 e. The fourth-order valence-corrected chi connectivity index (χ4v) is 3.65. The van der Waals surface area contributed by atoms with E-state index in [-0.39, 0.29) is 17.5 Å². The third-order valence-corrected chi connectivity index (χ3v) is 5.46. The molecule has 3 nitrogen and oxygen atoms in total. The first-order chi connectivity index (χ1) is 14.1. The molecule has 3 rings (SSSR count). The van der Waals surface area contributed by atoms with E-state index in [4.69, 9.17) is 4.74 Å². The zero-order valence-corrected chi connectivity index (χ0v) is 17.4. The van der Waals surface area contributed by atoms with E-state index in [0.717, 1.165) is 44.2 Å². The molecular formula is C25H31FN2O. The van der Waals surface area contributed by atoms with Gasteiger partial charge >= 0.3 is 0 Å². The average Bonchev–Trinajstić information content (AvgIpc) is 3.26. The molecule has 4 heteroatoms. The molecule has 0 amide bonds. The maximum atomic E-state index is 13.2. The van der Waals surface area contributed by atoms with Crippen molar-refractivity contribution < 1.29 is 9.13 Å². The number of aromatic nitrogens is 2. The average molecular weight is 395 g/mol. The zero-order valence-electron chi connectivity index (χ0n) is 17.4. The summed E-state index contributed by atoms with van der Waals surface area (Å²) in [4.78, 5) is 4.15. The lowest BCUT2D eigenvalue weighted by Crippen LogP contribution is -2.33. The third kappa shape index (κ3) is 6.53. The summed E-state index contributed by atoms with van der Waals surface area (Å²) in [5.74, 6) is -0.194. The first kappa shape index (κ1) is 21.3. The number of imidazole rings is 1. The Bertz CT molecular complexity index is 833. The summed E-state index contributed by atoms with van der Waals surface area (Å²) >= 11 is 0. The van der Waals surface area contributed by atoms with E-state index >= 15 is 0 Å².